The van der Waals surface area contributed by atoms with E-state index in [0.717, 1.165) is 43.7 Å². The molecule has 5 rings (SSSR count). The summed E-state index contributed by atoms with van der Waals surface area (Å²) in [4.78, 5) is 24.2. The smallest absolute Gasteiger partial charge is 0.259 e. The van der Waals surface area contributed by atoms with Crippen molar-refractivity contribution in [3.05, 3.63) is 77.7 Å². The van der Waals surface area contributed by atoms with E-state index in [1.807, 2.05) is 18.2 Å². The van der Waals surface area contributed by atoms with Crippen molar-refractivity contribution in [3.8, 4) is 0 Å². The quantitative estimate of drug-likeness (QED) is 0.516. The van der Waals surface area contributed by atoms with Crippen molar-refractivity contribution in [1.29, 1.82) is 0 Å². The molecule has 1 saturated heterocycles. The van der Waals surface area contributed by atoms with Gasteiger partial charge in [0, 0.05) is 54.5 Å². The number of nitrogens with one attached hydrogen (secondary N) is 3. The van der Waals surface area contributed by atoms with E-state index in [-0.39, 0.29) is 11.3 Å². The molecule has 34 heavy (non-hydrogen) atoms. The molecule has 1 fully saturated rings. The van der Waals surface area contributed by atoms with Gasteiger partial charge in [0.1, 0.15) is 5.82 Å². The summed E-state index contributed by atoms with van der Waals surface area (Å²) in [5.74, 6) is 0.395. The first-order valence-electron chi connectivity index (χ1n) is 12.0. The molecule has 2 aliphatic heterocycles. The Morgan fingerprint density at radius 2 is 1.91 bits per heavy atom. The lowest BCUT2D eigenvalue weighted by Crippen LogP contribution is -2.44. The maximum Gasteiger partial charge on any atom is 0.259 e. The number of fused-ring (bicyclic) bond motifs is 1. The normalized spacial score (nSPS) is 17.3. The van der Waals surface area contributed by atoms with Gasteiger partial charge in [-0.3, -0.25) is 9.78 Å². The summed E-state index contributed by atoms with van der Waals surface area (Å²) in [6.45, 7) is 8.31. The fourth-order valence-corrected chi connectivity index (χ4v) is 5.07. The van der Waals surface area contributed by atoms with Crippen LogP contribution >= 0.6 is 0 Å². The number of carbonyl (C=O) groups excluding carboxylic acids is 1. The van der Waals surface area contributed by atoms with Crippen LogP contribution in [0.15, 0.2) is 61.1 Å². The Morgan fingerprint density at radius 1 is 1.12 bits per heavy atom. The largest absolute Gasteiger partial charge is 0.367 e. The fraction of sp³-hybridized carbons (Fsp3) is 0.370. The Balaban J connectivity index is 1.35. The molecule has 3 aromatic rings. The standard InChI is InChI=1S/C27H32N6O/c1-27(2)18-33(21-9-14-29-15-10-21)24-16-20(5-6-23(24)27)32-26(34)22-4-3-11-30-25(22)31-17-19-7-12-28-13-8-19/h3-8,11-13,16,21,29H,9-10,14-15,17-18H2,1-2H3,(H,30,31)(H,32,34). The topological polar surface area (TPSA) is 82.2 Å². The third kappa shape index (κ3) is 4.61. The number of anilines is 3. The molecule has 2 aromatic heterocycles. The molecule has 0 bridgehead atoms. The molecular weight excluding hydrogens is 424 g/mol. The second-order valence-corrected chi connectivity index (χ2v) is 9.79. The zero-order chi connectivity index (χ0) is 23.5. The molecule has 2 aliphatic rings. The third-order valence-corrected chi connectivity index (χ3v) is 6.87. The van der Waals surface area contributed by atoms with Crippen LogP contribution in [0.4, 0.5) is 17.2 Å². The van der Waals surface area contributed by atoms with Gasteiger partial charge in [-0.2, -0.15) is 0 Å². The Hall–Kier alpha value is -3.45. The number of carbonyl (C=O) groups is 1. The van der Waals surface area contributed by atoms with Crippen LogP contribution in [-0.4, -0.2) is 41.6 Å². The maximum absolute atomic E-state index is 13.2. The highest BCUT2D eigenvalue weighted by atomic mass is 16.1. The lowest BCUT2D eigenvalue weighted by Gasteiger charge is -2.34. The zero-order valence-electron chi connectivity index (χ0n) is 19.8. The molecule has 4 heterocycles. The number of rotatable bonds is 6. The van der Waals surface area contributed by atoms with Crippen molar-refractivity contribution >= 4 is 23.1 Å². The summed E-state index contributed by atoms with van der Waals surface area (Å²) in [6, 6.07) is 14.3. The summed E-state index contributed by atoms with van der Waals surface area (Å²) >= 11 is 0. The average Bonchev–Trinajstić information content (AvgIpc) is 3.14. The van der Waals surface area contributed by atoms with Crippen LogP contribution < -0.4 is 20.9 Å². The van der Waals surface area contributed by atoms with Gasteiger partial charge in [-0.25, -0.2) is 4.98 Å². The molecule has 1 aromatic carbocycles. The molecular formula is C27H32N6O. The lowest BCUT2D eigenvalue weighted by atomic mass is 9.87. The molecule has 0 radical (unpaired) electrons. The van der Waals surface area contributed by atoms with E-state index in [2.05, 4.69) is 56.8 Å². The lowest BCUT2D eigenvalue weighted by molar-refractivity contribution is 0.102. The number of hydrogen-bond acceptors (Lipinski definition) is 6. The van der Waals surface area contributed by atoms with E-state index in [9.17, 15) is 4.79 Å². The summed E-state index contributed by atoms with van der Waals surface area (Å²) in [5.41, 5.74) is 5.10. The average molecular weight is 457 g/mol. The highest BCUT2D eigenvalue weighted by Gasteiger charge is 2.38. The minimum Gasteiger partial charge on any atom is -0.367 e. The second-order valence-electron chi connectivity index (χ2n) is 9.79. The summed E-state index contributed by atoms with van der Waals surface area (Å²) in [7, 11) is 0. The van der Waals surface area contributed by atoms with Gasteiger partial charge in [0.15, 0.2) is 0 Å². The Bertz CT molecular complexity index is 1160. The van der Waals surface area contributed by atoms with Gasteiger partial charge in [-0.1, -0.05) is 19.9 Å². The van der Waals surface area contributed by atoms with Crippen LogP contribution in [0.25, 0.3) is 0 Å². The molecule has 0 atom stereocenters. The molecule has 3 N–H and O–H groups in total. The predicted molar refractivity (Wildman–Crippen MR) is 136 cm³/mol. The van der Waals surface area contributed by atoms with Crippen molar-refractivity contribution in [3.63, 3.8) is 0 Å². The summed E-state index contributed by atoms with van der Waals surface area (Å²) < 4.78 is 0. The zero-order valence-corrected chi connectivity index (χ0v) is 19.8. The van der Waals surface area contributed by atoms with E-state index in [1.165, 1.54) is 11.3 Å². The number of hydrogen-bond donors (Lipinski definition) is 3. The van der Waals surface area contributed by atoms with Crippen LogP contribution in [0.2, 0.25) is 0 Å². The van der Waals surface area contributed by atoms with E-state index in [4.69, 9.17) is 0 Å². The second kappa shape index (κ2) is 9.43. The Kier molecular flexibility index (Phi) is 6.20. The van der Waals surface area contributed by atoms with Gasteiger partial charge in [-0.05, 0) is 73.5 Å². The van der Waals surface area contributed by atoms with Crippen molar-refractivity contribution in [2.24, 2.45) is 0 Å². The van der Waals surface area contributed by atoms with E-state index >= 15 is 0 Å². The first-order valence-corrected chi connectivity index (χ1v) is 12.0. The van der Waals surface area contributed by atoms with E-state index in [0.29, 0.717) is 24.0 Å². The summed E-state index contributed by atoms with van der Waals surface area (Å²) in [5, 5.41) is 9.86. The summed E-state index contributed by atoms with van der Waals surface area (Å²) in [6.07, 6.45) is 7.50. The fourth-order valence-electron chi connectivity index (χ4n) is 5.07. The van der Waals surface area contributed by atoms with Gasteiger partial charge in [0.05, 0.1) is 5.56 Å². The maximum atomic E-state index is 13.2. The number of piperidine rings is 1. The molecule has 0 aliphatic carbocycles. The number of pyridine rings is 2. The molecule has 0 saturated carbocycles. The van der Waals surface area contributed by atoms with Crippen LogP contribution in [0, 0.1) is 0 Å². The van der Waals surface area contributed by atoms with Gasteiger partial charge in [0.2, 0.25) is 0 Å². The van der Waals surface area contributed by atoms with E-state index in [1.54, 1.807) is 30.7 Å². The Labute approximate surface area is 201 Å². The molecule has 176 valence electrons. The highest BCUT2D eigenvalue weighted by molar-refractivity contribution is 6.07. The minimum absolute atomic E-state index is 0.0934. The molecule has 7 heteroatoms. The van der Waals surface area contributed by atoms with Crippen LogP contribution in [0.1, 0.15) is 48.2 Å². The van der Waals surface area contributed by atoms with Crippen molar-refractivity contribution in [1.82, 2.24) is 15.3 Å². The van der Waals surface area contributed by atoms with Crippen LogP contribution in [-0.2, 0) is 12.0 Å². The van der Waals surface area contributed by atoms with Crippen molar-refractivity contribution in [2.75, 3.05) is 35.2 Å². The first-order chi connectivity index (χ1) is 16.5. The molecule has 0 spiro atoms. The number of nitrogens with zero attached hydrogens (tertiary/aromatic N) is 3. The highest BCUT2D eigenvalue weighted by Crippen LogP contribution is 2.43. The predicted octanol–water partition coefficient (Wildman–Crippen LogP) is 4.19. The third-order valence-electron chi connectivity index (χ3n) is 6.87. The monoisotopic (exact) mass is 456 g/mol. The van der Waals surface area contributed by atoms with E-state index < -0.39 is 0 Å². The SMILES string of the molecule is CC1(C)CN(C2CCNCC2)c2cc(NC(=O)c3cccnc3NCc3ccncc3)ccc21. The van der Waals surface area contributed by atoms with Crippen molar-refractivity contribution < 1.29 is 4.79 Å². The molecule has 1 amide bonds. The Morgan fingerprint density at radius 3 is 2.71 bits per heavy atom. The minimum atomic E-state index is -0.170. The van der Waals surface area contributed by atoms with Gasteiger partial charge in [0.25, 0.3) is 5.91 Å². The van der Waals surface area contributed by atoms with Gasteiger partial charge < -0.3 is 20.9 Å². The van der Waals surface area contributed by atoms with Crippen molar-refractivity contribution in [2.45, 2.75) is 44.7 Å². The number of aromatic nitrogens is 2. The van der Waals surface area contributed by atoms with Crippen LogP contribution in [0.5, 0.6) is 0 Å². The number of amides is 1. The molecule has 7 nitrogen and oxygen atoms in total. The van der Waals surface area contributed by atoms with Gasteiger partial charge in [-0.15, -0.1) is 0 Å². The number of benzene rings is 1. The molecule has 0 unspecified atom stereocenters. The first kappa shape index (κ1) is 22.3. The van der Waals surface area contributed by atoms with Gasteiger partial charge >= 0.3 is 0 Å². The van der Waals surface area contributed by atoms with Crippen LogP contribution in [0.3, 0.4) is 0 Å².